The summed E-state index contributed by atoms with van der Waals surface area (Å²) in [6.07, 6.45) is 8.89. The molecule has 0 aliphatic heterocycles. The molecule has 0 saturated heterocycles. The molecule has 5 aromatic rings. The summed E-state index contributed by atoms with van der Waals surface area (Å²) in [6, 6.07) is 10.3. The first kappa shape index (κ1) is 26.1. The minimum absolute atomic E-state index is 0.224. The van der Waals surface area contributed by atoms with E-state index in [0.29, 0.717) is 44.9 Å². The molecule has 0 radical (unpaired) electrons. The maximum absolute atomic E-state index is 14.1. The summed E-state index contributed by atoms with van der Waals surface area (Å²) >= 11 is 6.42. The third-order valence-corrected chi connectivity index (χ3v) is 6.45. The number of benzene rings is 2. The Labute approximate surface area is 227 Å². The van der Waals surface area contributed by atoms with Gasteiger partial charge in [-0.05, 0) is 42.3 Å². The lowest BCUT2D eigenvalue weighted by atomic mass is 9.93. The number of hydrogen-bond donors (Lipinski definition) is 1. The number of pyridine rings is 1. The van der Waals surface area contributed by atoms with Gasteiger partial charge < -0.3 is 9.30 Å². The van der Waals surface area contributed by atoms with Crippen molar-refractivity contribution in [1.29, 1.82) is 0 Å². The van der Waals surface area contributed by atoms with Gasteiger partial charge >= 0.3 is 0 Å². The zero-order chi connectivity index (χ0) is 27.5. The van der Waals surface area contributed by atoms with Gasteiger partial charge in [0, 0.05) is 35.0 Å². The maximum Gasteiger partial charge on any atom is 0.277 e. The molecule has 3 aromatic heterocycles. The van der Waals surface area contributed by atoms with Crippen molar-refractivity contribution in [2.24, 2.45) is 0 Å². The minimum Gasteiger partial charge on any atom is -0.494 e. The molecule has 0 fully saturated rings. The van der Waals surface area contributed by atoms with Crippen molar-refractivity contribution in [2.45, 2.75) is 26.2 Å². The highest BCUT2D eigenvalue weighted by Gasteiger charge is 2.24. The number of methoxy groups -OCH3 is 1. The monoisotopic (exact) mass is 546 g/mol. The number of nitrogens with zero attached hydrogens (tertiary/aromatic N) is 5. The van der Waals surface area contributed by atoms with E-state index in [1.165, 1.54) is 30.4 Å². The highest BCUT2D eigenvalue weighted by atomic mass is 35.5. The van der Waals surface area contributed by atoms with Crippen LogP contribution in [0.5, 0.6) is 5.75 Å². The summed E-state index contributed by atoms with van der Waals surface area (Å²) in [5.41, 5.74) is 5.54. The average molecular weight is 547 g/mol. The molecule has 1 N–H and O–H groups in total. The molecular formula is C28H24ClFN6O3. The van der Waals surface area contributed by atoms with Gasteiger partial charge in [0.05, 0.1) is 41.8 Å². The fourth-order valence-corrected chi connectivity index (χ4v) is 4.55. The predicted molar refractivity (Wildman–Crippen MR) is 147 cm³/mol. The summed E-state index contributed by atoms with van der Waals surface area (Å²) in [5.74, 6) is -0.688. The van der Waals surface area contributed by atoms with Gasteiger partial charge in [0.1, 0.15) is 12.1 Å². The first-order valence-electron chi connectivity index (χ1n) is 12.2. The second-order valence-corrected chi connectivity index (χ2v) is 9.22. The molecule has 0 unspecified atom stereocenters. The Balaban J connectivity index is 1.82. The molecule has 11 heteroatoms. The van der Waals surface area contributed by atoms with Crippen molar-refractivity contribution >= 4 is 28.5 Å². The van der Waals surface area contributed by atoms with Gasteiger partial charge in [0.25, 0.3) is 5.56 Å². The summed E-state index contributed by atoms with van der Waals surface area (Å²) in [7, 11) is 1.46. The predicted octanol–water partition coefficient (Wildman–Crippen LogP) is 5.37. The van der Waals surface area contributed by atoms with Crippen LogP contribution in [0.2, 0.25) is 5.02 Å². The van der Waals surface area contributed by atoms with Gasteiger partial charge in [0.15, 0.2) is 0 Å². The Morgan fingerprint density at radius 2 is 1.85 bits per heavy atom. The van der Waals surface area contributed by atoms with Crippen LogP contribution in [0.3, 0.4) is 0 Å². The van der Waals surface area contributed by atoms with Crippen LogP contribution in [-0.4, -0.2) is 37.2 Å². The Bertz CT molecular complexity index is 1750. The number of amides is 1. The number of aromatic nitrogens is 5. The molecule has 198 valence electrons. The van der Waals surface area contributed by atoms with E-state index in [9.17, 15) is 14.0 Å². The number of carbonyl (C=O) groups is 1. The number of carbonyl (C=O) groups excluding carboxylic acids is 1. The molecule has 3 heterocycles. The summed E-state index contributed by atoms with van der Waals surface area (Å²) < 4.78 is 22.3. The van der Waals surface area contributed by atoms with Crippen LogP contribution in [0, 0.1) is 5.95 Å². The maximum atomic E-state index is 14.1. The second-order valence-electron chi connectivity index (χ2n) is 8.79. The molecule has 0 bridgehead atoms. The lowest BCUT2D eigenvalue weighted by Crippen LogP contribution is -2.34. The van der Waals surface area contributed by atoms with Gasteiger partial charge in [-0.2, -0.15) is 4.39 Å². The van der Waals surface area contributed by atoms with Crippen molar-refractivity contribution in [2.75, 3.05) is 12.5 Å². The molecule has 2 aromatic carbocycles. The Morgan fingerprint density at radius 3 is 2.56 bits per heavy atom. The lowest BCUT2D eigenvalue weighted by Gasteiger charge is -2.20. The molecule has 0 saturated carbocycles. The Kier molecular flexibility index (Phi) is 7.38. The SMILES string of the molecule is CCCCC(=O)Nn1cc(OC)c(-c2cc(Cl)ccc2-n2cnc(F)c2)c(-c2ccc3nccnc3c2)c1=O. The summed E-state index contributed by atoms with van der Waals surface area (Å²) in [4.78, 5) is 39.0. The quantitative estimate of drug-likeness (QED) is 0.280. The van der Waals surface area contributed by atoms with E-state index in [4.69, 9.17) is 16.3 Å². The molecule has 39 heavy (non-hydrogen) atoms. The second kappa shape index (κ2) is 11.0. The number of halogens is 2. The van der Waals surface area contributed by atoms with Gasteiger partial charge in [-0.1, -0.05) is 31.0 Å². The molecular weight excluding hydrogens is 523 g/mol. The first-order chi connectivity index (χ1) is 18.9. The van der Waals surface area contributed by atoms with E-state index in [0.717, 1.165) is 11.1 Å². The number of fused-ring (bicyclic) bond motifs is 1. The number of nitrogens with one attached hydrogen (secondary N) is 1. The van der Waals surface area contributed by atoms with Crippen molar-refractivity contribution < 1.29 is 13.9 Å². The summed E-state index contributed by atoms with van der Waals surface area (Å²) in [6.45, 7) is 1.98. The zero-order valence-corrected chi connectivity index (χ0v) is 21.9. The molecule has 0 aliphatic rings. The van der Waals surface area contributed by atoms with Crippen LogP contribution in [0.15, 0.2) is 72.3 Å². The largest absolute Gasteiger partial charge is 0.494 e. The molecule has 0 atom stereocenters. The Morgan fingerprint density at radius 1 is 1.05 bits per heavy atom. The standard InChI is InChI=1S/C28H24ClFN6O3/c1-3-4-5-25(37)34-36-14-23(39-2)27(19-13-18(29)7-9-22(19)35-15-24(30)33-16-35)26(28(36)38)17-6-8-20-21(12-17)32-11-10-31-20/h6-16H,3-5H2,1-2H3,(H,34,37). The molecule has 0 aliphatic carbocycles. The van der Waals surface area contributed by atoms with E-state index in [1.54, 1.807) is 48.8 Å². The van der Waals surface area contributed by atoms with Crippen molar-refractivity contribution in [3.05, 3.63) is 88.8 Å². The van der Waals surface area contributed by atoms with Crippen LogP contribution in [0.1, 0.15) is 26.2 Å². The first-order valence-corrected chi connectivity index (χ1v) is 12.6. The van der Waals surface area contributed by atoms with Crippen molar-refractivity contribution in [3.63, 3.8) is 0 Å². The van der Waals surface area contributed by atoms with E-state index >= 15 is 0 Å². The smallest absolute Gasteiger partial charge is 0.277 e. The third kappa shape index (κ3) is 5.23. The van der Waals surface area contributed by atoms with Crippen LogP contribution in [-0.2, 0) is 4.79 Å². The number of hydrogen-bond acceptors (Lipinski definition) is 6. The van der Waals surface area contributed by atoms with Crippen LogP contribution >= 0.6 is 11.6 Å². The van der Waals surface area contributed by atoms with E-state index < -0.39 is 11.5 Å². The van der Waals surface area contributed by atoms with Crippen molar-refractivity contribution in [1.82, 2.24) is 24.2 Å². The van der Waals surface area contributed by atoms with E-state index in [2.05, 4.69) is 20.4 Å². The third-order valence-electron chi connectivity index (χ3n) is 6.21. The molecule has 1 amide bonds. The molecule has 0 spiro atoms. The normalized spacial score (nSPS) is 11.1. The van der Waals surface area contributed by atoms with Crippen LogP contribution < -0.4 is 15.7 Å². The zero-order valence-electron chi connectivity index (χ0n) is 21.2. The van der Waals surface area contributed by atoms with Crippen LogP contribution in [0.4, 0.5) is 4.39 Å². The lowest BCUT2D eigenvalue weighted by molar-refractivity contribution is -0.117. The van der Waals surface area contributed by atoms with Gasteiger partial charge in [0.2, 0.25) is 11.9 Å². The highest BCUT2D eigenvalue weighted by molar-refractivity contribution is 6.31. The fraction of sp³-hybridized carbons (Fsp3) is 0.179. The van der Waals surface area contributed by atoms with E-state index in [1.807, 2.05) is 6.92 Å². The number of unbranched alkanes of at least 4 members (excludes halogenated alkanes) is 1. The number of imidazole rings is 1. The average Bonchev–Trinajstić information content (AvgIpc) is 3.38. The number of rotatable bonds is 8. The van der Waals surface area contributed by atoms with Gasteiger partial charge in [-0.15, -0.1) is 0 Å². The van der Waals surface area contributed by atoms with Crippen LogP contribution in [0.25, 0.3) is 39.0 Å². The highest BCUT2D eigenvalue weighted by Crippen LogP contribution is 2.41. The fourth-order valence-electron chi connectivity index (χ4n) is 4.37. The summed E-state index contributed by atoms with van der Waals surface area (Å²) in [5, 5.41) is 0.392. The molecule has 9 nitrogen and oxygen atoms in total. The Hall–Kier alpha value is -4.57. The van der Waals surface area contributed by atoms with E-state index in [-0.39, 0.29) is 23.6 Å². The van der Waals surface area contributed by atoms with Gasteiger partial charge in [-0.25, -0.2) is 9.66 Å². The minimum atomic E-state index is -0.665. The topological polar surface area (TPSA) is 104 Å². The molecule has 5 rings (SSSR count). The van der Waals surface area contributed by atoms with Gasteiger partial charge in [-0.3, -0.25) is 25.0 Å². The van der Waals surface area contributed by atoms with Crippen molar-refractivity contribution in [3.8, 4) is 33.7 Å². The number of ether oxygens (including phenoxy) is 1.